The largest absolute Gasteiger partial charge is 0.477 e. The second-order valence-corrected chi connectivity index (χ2v) is 9.79. The smallest absolute Gasteiger partial charge is 0.348 e. The van der Waals surface area contributed by atoms with Gasteiger partial charge in [0.2, 0.25) is 0 Å². The molecule has 2 atom stereocenters. The number of hydrogen-bond donors (Lipinski definition) is 4. The zero-order valence-electron chi connectivity index (χ0n) is 18.0. The Morgan fingerprint density at radius 2 is 2.24 bits per heavy atom. The maximum absolute atomic E-state index is 12.8. The number of methoxy groups -OCH3 is 1. The molecule has 3 aromatic heterocycles. The SMILES string of the molecule is CO[C@H]1CN(c2nc(-c3nc[n+](C)[nH]3)c(C(=O)O)s2)CC[C@H]1NC(=O)c1[nH]c(C)c(Cl)c1Br. The summed E-state index contributed by atoms with van der Waals surface area (Å²) in [5.41, 5.74) is 1.35. The van der Waals surface area contributed by atoms with Crippen LogP contribution in [-0.2, 0) is 11.8 Å². The Kier molecular flexibility index (Phi) is 6.75. The Morgan fingerprint density at radius 3 is 2.82 bits per heavy atom. The highest BCUT2D eigenvalue weighted by Crippen LogP contribution is 2.34. The van der Waals surface area contributed by atoms with Gasteiger partial charge in [-0.1, -0.05) is 22.9 Å². The number of aromatic nitrogens is 5. The zero-order valence-corrected chi connectivity index (χ0v) is 21.1. The monoisotopic (exact) mass is 558 g/mol. The van der Waals surface area contributed by atoms with Crippen molar-refractivity contribution in [2.75, 3.05) is 25.1 Å². The van der Waals surface area contributed by atoms with Crippen molar-refractivity contribution in [1.29, 1.82) is 0 Å². The molecule has 4 heterocycles. The highest BCUT2D eigenvalue weighted by Gasteiger charge is 2.34. The first-order chi connectivity index (χ1) is 15.7. The van der Waals surface area contributed by atoms with Gasteiger partial charge in [0.25, 0.3) is 5.91 Å². The quantitative estimate of drug-likeness (QED) is 0.339. The molecule has 1 aliphatic heterocycles. The van der Waals surface area contributed by atoms with E-state index in [2.05, 4.69) is 41.3 Å². The fourth-order valence-electron chi connectivity index (χ4n) is 3.70. The number of thiazole rings is 1. The van der Waals surface area contributed by atoms with Gasteiger partial charge >= 0.3 is 18.1 Å². The third-order valence-electron chi connectivity index (χ3n) is 5.41. The molecule has 33 heavy (non-hydrogen) atoms. The van der Waals surface area contributed by atoms with Crippen LogP contribution in [0.3, 0.4) is 0 Å². The zero-order chi connectivity index (χ0) is 23.9. The lowest BCUT2D eigenvalue weighted by Crippen LogP contribution is -2.55. The number of carbonyl (C=O) groups is 2. The van der Waals surface area contributed by atoms with Crippen LogP contribution in [0.25, 0.3) is 11.5 Å². The number of anilines is 1. The number of halogens is 2. The first-order valence-corrected chi connectivity index (χ1v) is 12.0. The molecule has 0 spiro atoms. The van der Waals surface area contributed by atoms with E-state index in [4.69, 9.17) is 16.3 Å². The number of nitrogens with zero attached hydrogens (tertiary/aromatic N) is 4. The molecule has 1 aliphatic rings. The van der Waals surface area contributed by atoms with Crippen LogP contribution in [-0.4, -0.2) is 69.4 Å². The van der Waals surface area contributed by atoms with Crippen molar-refractivity contribution in [2.24, 2.45) is 7.05 Å². The lowest BCUT2D eigenvalue weighted by atomic mass is 10.0. The summed E-state index contributed by atoms with van der Waals surface area (Å²) in [6.07, 6.45) is 1.81. The van der Waals surface area contributed by atoms with Crippen molar-refractivity contribution in [2.45, 2.75) is 25.5 Å². The van der Waals surface area contributed by atoms with Crippen molar-refractivity contribution < 1.29 is 24.1 Å². The number of aromatic carboxylic acids is 1. The maximum Gasteiger partial charge on any atom is 0.348 e. The number of piperidine rings is 1. The van der Waals surface area contributed by atoms with E-state index in [0.29, 0.717) is 51.3 Å². The molecule has 0 saturated carbocycles. The molecule has 0 bridgehead atoms. The molecule has 176 valence electrons. The Bertz CT molecular complexity index is 1210. The molecule has 11 nitrogen and oxygen atoms in total. The molecule has 1 fully saturated rings. The van der Waals surface area contributed by atoms with Crippen LogP contribution in [0.1, 0.15) is 32.3 Å². The Labute approximate surface area is 206 Å². The second-order valence-electron chi connectivity index (χ2n) is 7.64. The minimum atomic E-state index is -1.07. The van der Waals surface area contributed by atoms with Crippen molar-refractivity contribution in [3.63, 3.8) is 0 Å². The summed E-state index contributed by atoms with van der Waals surface area (Å²) < 4.78 is 7.80. The molecule has 14 heteroatoms. The van der Waals surface area contributed by atoms with Crippen LogP contribution in [0.4, 0.5) is 5.13 Å². The Morgan fingerprint density at radius 1 is 1.48 bits per heavy atom. The van der Waals surface area contributed by atoms with Gasteiger partial charge in [-0.15, -0.1) is 0 Å². The number of rotatable bonds is 6. The number of H-pyrrole nitrogens is 2. The van der Waals surface area contributed by atoms with Crippen molar-refractivity contribution in [3.05, 3.63) is 32.1 Å². The number of nitrogens with one attached hydrogen (secondary N) is 3. The standard InChI is InChI=1S/C19H21BrClN7O4S/c1-8-12(21)11(20)13(23-8)17(29)24-9-4-5-28(6-10(9)32-3)19-25-14(15(33-19)18(30)31)16-22-7-27(2)26-16/h7,9-10H,4-6H2,1-3H3,(H3,23,24,29,30,31)/p+1/t9-,10+/m1/s1. The van der Waals surface area contributed by atoms with E-state index in [1.165, 1.54) is 0 Å². The van der Waals surface area contributed by atoms with Crippen LogP contribution in [0.2, 0.25) is 5.02 Å². The number of carboxylic acid groups (broad SMARTS) is 1. The van der Waals surface area contributed by atoms with E-state index in [1.54, 1.807) is 32.1 Å². The van der Waals surface area contributed by atoms with Gasteiger partial charge in [-0.05, 0) is 34.3 Å². The molecular weight excluding hydrogens is 538 g/mol. The summed E-state index contributed by atoms with van der Waals surface area (Å²) in [6, 6.07) is -0.240. The molecule has 0 radical (unpaired) electrons. The normalized spacial score (nSPS) is 18.5. The number of ether oxygens (including phenoxy) is 1. The van der Waals surface area contributed by atoms with Gasteiger partial charge in [0, 0.05) is 25.9 Å². The first-order valence-electron chi connectivity index (χ1n) is 9.96. The van der Waals surface area contributed by atoms with Gasteiger partial charge in [-0.3, -0.25) is 4.79 Å². The summed E-state index contributed by atoms with van der Waals surface area (Å²) in [5, 5.41) is 16.7. The summed E-state index contributed by atoms with van der Waals surface area (Å²) in [4.78, 5) is 38.4. The average molecular weight is 560 g/mol. The highest BCUT2D eigenvalue weighted by atomic mass is 79.9. The predicted octanol–water partition coefficient (Wildman–Crippen LogP) is 2.13. The van der Waals surface area contributed by atoms with E-state index < -0.39 is 5.97 Å². The van der Waals surface area contributed by atoms with Gasteiger partial charge in [-0.25, -0.2) is 9.78 Å². The third kappa shape index (κ3) is 4.63. The summed E-state index contributed by atoms with van der Waals surface area (Å²) in [6.45, 7) is 2.79. The molecule has 0 unspecified atom stereocenters. The maximum atomic E-state index is 12.8. The molecule has 4 rings (SSSR count). The van der Waals surface area contributed by atoms with E-state index in [9.17, 15) is 14.7 Å². The first kappa shape index (κ1) is 23.7. The molecule has 1 amide bonds. The minimum absolute atomic E-state index is 0.105. The molecule has 1 saturated heterocycles. The molecule has 0 aromatic carbocycles. The Hall–Kier alpha value is -2.48. The van der Waals surface area contributed by atoms with Crippen molar-refractivity contribution in [3.8, 4) is 11.5 Å². The number of carbonyl (C=O) groups excluding carboxylic acids is 1. The number of hydrogen-bond acceptors (Lipinski definition) is 7. The topological polar surface area (TPSA) is 140 Å². The Balaban J connectivity index is 1.51. The fraction of sp³-hybridized carbons (Fsp3) is 0.421. The van der Waals surface area contributed by atoms with Crippen LogP contribution in [0, 0.1) is 6.92 Å². The molecule has 0 aliphatic carbocycles. The number of aromatic amines is 2. The lowest BCUT2D eigenvalue weighted by molar-refractivity contribution is -0.727. The molecule has 3 aromatic rings. The van der Waals surface area contributed by atoms with E-state index in [1.807, 2.05) is 4.90 Å². The van der Waals surface area contributed by atoms with E-state index in [0.717, 1.165) is 11.3 Å². The average Bonchev–Trinajstić information content (AvgIpc) is 3.48. The third-order valence-corrected chi connectivity index (χ3v) is 8.00. The van der Waals surface area contributed by atoms with Crippen molar-refractivity contribution in [1.82, 2.24) is 25.4 Å². The van der Waals surface area contributed by atoms with E-state index >= 15 is 0 Å². The number of carboxylic acids is 1. The lowest BCUT2D eigenvalue weighted by Gasteiger charge is -2.37. The summed E-state index contributed by atoms with van der Waals surface area (Å²) in [7, 11) is 3.34. The molecule has 4 N–H and O–H groups in total. The highest BCUT2D eigenvalue weighted by molar-refractivity contribution is 9.10. The molecular formula is C19H22BrClN7O4S+. The van der Waals surface area contributed by atoms with Gasteiger partial charge < -0.3 is 25.0 Å². The van der Waals surface area contributed by atoms with Crippen molar-refractivity contribution >= 4 is 55.9 Å². The number of amides is 1. The van der Waals surface area contributed by atoms with Crippen LogP contribution in [0.5, 0.6) is 0 Å². The summed E-state index contributed by atoms with van der Waals surface area (Å²) in [5.74, 6) is -0.968. The van der Waals surface area contributed by atoms with Gasteiger partial charge in [0.05, 0.1) is 21.6 Å². The summed E-state index contributed by atoms with van der Waals surface area (Å²) >= 11 is 10.6. The number of aryl methyl sites for hydroxylation is 2. The van der Waals surface area contributed by atoms with Crippen LogP contribution < -0.4 is 14.9 Å². The van der Waals surface area contributed by atoms with Gasteiger partial charge in [0.1, 0.15) is 17.6 Å². The van der Waals surface area contributed by atoms with Crippen LogP contribution in [0.15, 0.2) is 10.8 Å². The van der Waals surface area contributed by atoms with Gasteiger partial charge in [-0.2, -0.15) is 9.78 Å². The van der Waals surface area contributed by atoms with Crippen LogP contribution >= 0.6 is 38.9 Å². The van der Waals surface area contributed by atoms with Gasteiger partial charge in [0.15, 0.2) is 10.8 Å². The predicted molar refractivity (Wildman–Crippen MR) is 125 cm³/mol. The fourth-order valence-corrected chi connectivity index (χ4v) is 5.35. The van der Waals surface area contributed by atoms with E-state index in [-0.39, 0.29) is 28.6 Å². The minimum Gasteiger partial charge on any atom is -0.477 e. The second kappa shape index (κ2) is 9.41.